The maximum absolute atomic E-state index is 13.7. The fourth-order valence-electron chi connectivity index (χ4n) is 4.75. The highest BCUT2D eigenvalue weighted by atomic mass is 32.2. The summed E-state index contributed by atoms with van der Waals surface area (Å²) in [4.78, 5) is 31.4. The highest BCUT2D eigenvalue weighted by Gasteiger charge is 2.46. The number of nitrogens with one attached hydrogen (secondary N) is 1. The molecule has 42 heavy (non-hydrogen) atoms. The van der Waals surface area contributed by atoms with Gasteiger partial charge in [0.15, 0.2) is 11.3 Å². The molecule has 4 rings (SSSR count). The third-order valence-electron chi connectivity index (χ3n) is 7.27. The van der Waals surface area contributed by atoms with Gasteiger partial charge in [-0.25, -0.2) is 14.4 Å². The second-order valence-corrected chi connectivity index (χ2v) is 14.4. The van der Waals surface area contributed by atoms with E-state index in [1.165, 1.54) is 4.57 Å². The molecule has 1 aromatic heterocycles. The zero-order chi connectivity index (χ0) is 30.4. The number of anilines is 1. The number of benzene rings is 1. The molecule has 2 aromatic rings. The third kappa shape index (κ3) is 8.51. The Hall–Kier alpha value is -2.09. The Bertz CT molecular complexity index is 1300. The van der Waals surface area contributed by atoms with Gasteiger partial charge in [0.1, 0.15) is 11.4 Å². The number of nitrogens with zero attached hydrogens (tertiary/aromatic N) is 3. The van der Waals surface area contributed by atoms with Gasteiger partial charge in [0, 0.05) is 38.0 Å². The number of carbonyl (C=O) groups excluding carboxylic acids is 1. The Morgan fingerprint density at radius 1 is 1.24 bits per heavy atom. The number of hydrogen-bond acceptors (Lipinski definition) is 11. The molecule has 0 amide bonds. The number of hydrogen-bond donors (Lipinski definition) is 3. The summed E-state index contributed by atoms with van der Waals surface area (Å²) in [6.07, 6.45) is 2.12. The van der Waals surface area contributed by atoms with Gasteiger partial charge in [-0.3, -0.25) is 18.4 Å². The normalized spacial score (nSPS) is 24.2. The van der Waals surface area contributed by atoms with Crippen LogP contribution in [0.1, 0.15) is 51.8 Å². The number of thioether (sulfide) groups is 1. The van der Waals surface area contributed by atoms with Crippen LogP contribution in [0.3, 0.4) is 0 Å². The lowest BCUT2D eigenvalue weighted by molar-refractivity contribution is -0.119. The molecule has 14 heteroatoms. The first kappa shape index (κ1) is 32.8. The number of aromatic nitrogens is 2. The van der Waals surface area contributed by atoms with Gasteiger partial charge in [-0.2, -0.15) is 4.98 Å². The lowest BCUT2D eigenvalue weighted by atomic mass is 9.97. The van der Waals surface area contributed by atoms with Gasteiger partial charge in [-0.05, 0) is 45.2 Å². The standard InChI is InChI=1S/C28H41N4O8PS/c1-27(2,20-33)25(34)42-16-15-38-41(37,29-18-21-9-5-4-6-10-21)39-19-22-17-28(3,36)24(40-22)32-14-11-23(30-26(32)35)31-12-7-8-13-31/h4-6,9-11,14,22,24,33,36H,7-8,12-13,15-20H2,1-3H3,(H,29,37). The van der Waals surface area contributed by atoms with E-state index in [0.29, 0.717) is 5.82 Å². The molecule has 2 aliphatic heterocycles. The van der Waals surface area contributed by atoms with Gasteiger partial charge in [-0.1, -0.05) is 42.1 Å². The fraction of sp³-hybridized carbons (Fsp3) is 0.607. The topological polar surface area (TPSA) is 152 Å². The van der Waals surface area contributed by atoms with Gasteiger partial charge >= 0.3 is 13.4 Å². The monoisotopic (exact) mass is 624 g/mol. The molecular formula is C28H41N4O8PS. The van der Waals surface area contributed by atoms with Crippen molar-refractivity contribution in [2.75, 3.05) is 43.6 Å². The predicted molar refractivity (Wildman–Crippen MR) is 160 cm³/mol. The van der Waals surface area contributed by atoms with E-state index in [0.717, 1.165) is 43.3 Å². The molecule has 232 valence electrons. The number of ether oxygens (including phenoxy) is 1. The quantitative estimate of drug-likeness (QED) is 0.209. The van der Waals surface area contributed by atoms with Crippen LogP contribution >= 0.6 is 19.5 Å². The van der Waals surface area contributed by atoms with E-state index in [1.54, 1.807) is 33.0 Å². The van der Waals surface area contributed by atoms with Gasteiger partial charge < -0.3 is 19.8 Å². The van der Waals surface area contributed by atoms with E-state index in [1.807, 2.05) is 30.3 Å². The van der Waals surface area contributed by atoms with E-state index in [4.69, 9.17) is 13.8 Å². The molecule has 3 N–H and O–H groups in total. The van der Waals surface area contributed by atoms with E-state index in [2.05, 4.69) is 15.0 Å². The molecule has 2 saturated heterocycles. The zero-order valence-corrected chi connectivity index (χ0v) is 26.0. The van der Waals surface area contributed by atoms with Crippen LogP contribution < -0.4 is 15.7 Å². The van der Waals surface area contributed by atoms with Crippen molar-refractivity contribution in [1.29, 1.82) is 0 Å². The van der Waals surface area contributed by atoms with Gasteiger partial charge in [0.25, 0.3) is 0 Å². The van der Waals surface area contributed by atoms with E-state index in [-0.39, 0.29) is 43.7 Å². The van der Waals surface area contributed by atoms with Crippen LogP contribution in [0, 0.1) is 5.41 Å². The van der Waals surface area contributed by atoms with Crippen LogP contribution in [0.5, 0.6) is 0 Å². The van der Waals surface area contributed by atoms with Crippen LogP contribution in [0.2, 0.25) is 0 Å². The molecular weight excluding hydrogens is 583 g/mol. The van der Waals surface area contributed by atoms with Crippen molar-refractivity contribution in [3.05, 3.63) is 58.6 Å². The van der Waals surface area contributed by atoms with Gasteiger partial charge in [-0.15, -0.1) is 0 Å². The summed E-state index contributed by atoms with van der Waals surface area (Å²) in [6, 6.07) is 11.1. The maximum Gasteiger partial charge on any atom is 0.405 e. The number of carbonyl (C=O) groups is 1. The minimum Gasteiger partial charge on any atom is -0.395 e. The summed E-state index contributed by atoms with van der Waals surface area (Å²) >= 11 is 0.987. The molecule has 12 nitrogen and oxygen atoms in total. The first-order valence-corrected chi connectivity index (χ1v) is 16.6. The van der Waals surface area contributed by atoms with Crippen molar-refractivity contribution in [1.82, 2.24) is 14.6 Å². The third-order valence-corrected chi connectivity index (χ3v) is 10.0. The highest BCUT2D eigenvalue weighted by Crippen LogP contribution is 2.46. The Balaban J connectivity index is 1.38. The van der Waals surface area contributed by atoms with Crippen molar-refractivity contribution in [3.8, 4) is 0 Å². The van der Waals surface area contributed by atoms with Crippen molar-refractivity contribution >= 4 is 30.4 Å². The summed E-state index contributed by atoms with van der Waals surface area (Å²) < 4.78 is 32.4. The molecule has 2 fully saturated rings. The molecule has 4 atom stereocenters. The molecule has 4 unspecified atom stereocenters. The molecule has 0 saturated carbocycles. The Morgan fingerprint density at radius 3 is 2.62 bits per heavy atom. The molecule has 0 radical (unpaired) electrons. The van der Waals surface area contributed by atoms with Gasteiger partial charge in [0.2, 0.25) is 0 Å². The number of aliphatic hydroxyl groups excluding tert-OH is 1. The van der Waals surface area contributed by atoms with E-state index in [9.17, 15) is 24.4 Å². The minimum absolute atomic E-state index is 0.0483. The van der Waals surface area contributed by atoms with Gasteiger partial charge in [0.05, 0.1) is 31.3 Å². The van der Waals surface area contributed by atoms with Crippen molar-refractivity contribution in [2.24, 2.45) is 5.41 Å². The average molecular weight is 625 g/mol. The first-order chi connectivity index (χ1) is 19.9. The van der Waals surface area contributed by atoms with Crippen molar-refractivity contribution < 1.29 is 33.4 Å². The van der Waals surface area contributed by atoms with Crippen LogP contribution in [0.4, 0.5) is 5.82 Å². The van der Waals surface area contributed by atoms with Crippen LogP contribution in [0.25, 0.3) is 0 Å². The maximum atomic E-state index is 13.7. The van der Waals surface area contributed by atoms with Crippen LogP contribution in [-0.2, 0) is 29.7 Å². The Kier molecular flexibility index (Phi) is 11.0. The van der Waals surface area contributed by atoms with Crippen LogP contribution in [-0.4, -0.2) is 75.2 Å². The second-order valence-electron chi connectivity index (χ2n) is 11.5. The van der Waals surface area contributed by atoms with E-state index >= 15 is 0 Å². The molecule has 3 heterocycles. The Morgan fingerprint density at radius 2 is 1.95 bits per heavy atom. The molecule has 0 bridgehead atoms. The smallest absolute Gasteiger partial charge is 0.395 e. The SMILES string of the molecule is CC(C)(CO)C(=O)SCCOP(=O)(NCc1ccccc1)OCC1CC(C)(O)C(n2ccc(N3CCCC3)nc2=O)O1. The number of aliphatic hydroxyl groups is 2. The zero-order valence-electron chi connectivity index (χ0n) is 24.3. The number of rotatable bonds is 14. The van der Waals surface area contributed by atoms with Crippen molar-refractivity contribution in [3.63, 3.8) is 0 Å². The predicted octanol–water partition coefficient (Wildman–Crippen LogP) is 3.09. The summed E-state index contributed by atoms with van der Waals surface area (Å²) in [7, 11) is -3.88. The fourth-order valence-corrected chi connectivity index (χ4v) is 7.01. The summed E-state index contributed by atoms with van der Waals surface area (Å²) in [6.45, 7) is 6.27. The average Bonchev–Trinajstić information content (AvgIpc) is 3.61. The molecule has 1 aromatic carbocycles. The molecule has 0 spiro atoms. The summed E-state index contributed by atoms with van der Waals surface area (Å²) in [5.41, 5.74) is -1.96. The summed E-state index contributed by atoms with van der Waals surface area (Å²) in [5, 5.41) is 23.2. The highest BCUT2D eigenvalue weighted by molar-refractivity contribution is 8.13. The van der Waals surface area contributed by atoms with Crippen molar-refractivity contribution in [2.45, 2.75) is 64.5 Å². The Labute approximate surface area is 250 Å². The minimum atomic E-state index is -3.88. The largest absolute Gasteiger partial charge is 0.405 e. The lowest BCUT2D eigenvalue weighted by Crippen LogP contribution is -2.39. The van der Waals surface area contributed by atoms with E-state index < -0.39 is 36.8 Å². The molecule has 2 aliphatic rings. The second kappa shape index (κ2) is 14.1. The van der Waals surface area contributed by atoms with Crippen LogP contribution in [0.15, 0.2) is 47.4 Å². The lowest BCUT2D eigenvalue weighted by Gasteiger charge is -2.26. The summed E-state index contributed by atoms with van der Waals surface area (Å²) in [5.74, 6) is 0.816. The first-order valence-electron chi connectivity index (χ1n) is 14.1. The molecule has 0 aliphatic carbocycles.